The normalized spacial score (nSPS) is 11.9. The molecule has 32 heavy (non-hydrogen) atoms. The predicted octanol–water partition coefficient (Wildman–Crippen LogP) is 4.10. The molecule has 1 unspecified atom stereocenters. The Morgan fingerprint density at radius 2 is 1.84 bits per heavy atom. The third-order valence-electron chi connectivity index (χ3n) is 5.02. The molecule has 0 bridgehead atoms. The van der Waals surface area contributed by atoms with Crippen LogP contribution in [0.5, 0.6) is 5.75 Å². The van der Waals surface area contributed by atoms with Gasteiger partial charge in [0.15, 0.2) is 0 Å². The van der Waals surface area contributed by atoms with E-state index in [1.807, 2.05) is 83.4 Å². The maximum absolute atomic E-state index is 12.6. The Bertz CT molecular complexity index is 1190. The van der Waals surface area contributed by atoms with Gasteiger partial charge in [-0.05, 0) is 35.9 Å². The molecule has 1 atom stereocenters. The number of amides is 1. The topological polar surface area (TPSA) is 76.4 Å². The summed E-state index contributed by atoms with van der Waals surface area (Å²) in [6.45, 7) is 0.863. The molecule has 0 saturated carbocycles. The fourth-order valence-electron chi connectivity index (χ4n) is 3.48. The first-order valence-electron chi connectivity index (χ1n) is 10.4. The minimum Gasteiger partial charge on any atom is -0.491 e. The quantitative estimate of drug-likeness (QED) is 0.368. The number of nitrogens with zero attached hydrogens (tertiary/aromatic N) is 2. The number of halogens is 1. The number of carbonyl (C=O) groups excluding carboxylic acids is 1. The molecule has 1 heterocycles. The van der Waals surface area contributed by atoms with Gasteiger partial charge in [-0.25, -0.2) is 4.98 Å². The number of hydrogen-bond acceptors (Lipinski definition) is 4. The number of ether oxygens (including phenoxy) is 1. The molecule has 0 aliphatic carbocycles. The molecule has 0 radical (unpaired) electrons. The van der Waals surface area contributed by atoms with Crippen molar-refractivity contribution in [2.75, 3.05) is 6.61 Å². The Kier molecular flexibility index (Phi) is 7.19. The highest BCUT2D eigenvalue weighted by atomic mass is 79.9. The van der Waals surface area contributed by atoms with Gasteiger partial charge in [-0.2, -0.15) is 0 Å². The largest absolute Gasteiger partial charge is 0.491 e. The van der Waals surface area contributed by atoms with E-state index in [1.165, 1.54) is 0 Å². The first-order chi connectivity index (χ1) is 15.6. The minimum atomic E-state index is -0.766. The minimum absolute atomic E-state index is 0.120. The fraction of sp³-hybridized carbons (Fsp3) is 0.200. The van der Waals surface area contributed by atoms with Gasteiger partial charge in [0, 0.05) is 11.0 Å². The number of hydrogen-bond donors (Lipinski definition) is 2. The van der Waals surface area contributed by atoms with Crippen LogP contribution in [0.25, 0.3) is 11.0 Å². The van der Waals surface area contributed by atoms with Crippen molar-refractivity contribution < 1.29 is 14.6 Å². The van der Waals surface area contributed by atoms with Crippen LogP contribution in [-0.4, -0.2) is 33.3 Å². The summed E-state index contributed by atoms with van der Waals surface area (Å²) in [5, 5.41) is 13.6. The van der Waals surface area contributed by atoms with Gasteiger partial charge in [-0.15, -0.1) is 0 Å². The molecule has 1 amide bonds. The van der Waals surface area contributed by atoms with Crippen LogP contribution in [-0.2, 0) is 24.3 Å². The van der Waals surface area contributed by atoms with E-state index >= 15 is 0 Å². The number of imidazole rings is 1. The second-order valence-corrected chi connectivity index (χ2v) is 8.40. The second-order valence-electron chi connectivity index (χ2n) is 7.49. The number of nitrogens with one attached hydrogen (secondary N) is 1. The molecule has 164 valence electrons. The third-order valence-corrected chi connectivity index (χ3v) is 5.51. The molecule has 0 saturated heterocycles. The molecule has 3 aromatic carbocycles. The van der Waals surface area contributed by atoms with Gasteiger partial charge in [-0.1, -0.05) is 64.5 Å². The van der Waals surface area contributed by atoms with Crippen LogP contribution in [0.2, 0.25) is 0 Å². The summed E-state index contributed by atoms with van der Waals surface area (Å²) < 4.78 is 8.53. The summed E-state index contributed by atoms with van der Waals surface area (Å²) in [5.41, 5.74) is 2.70. The average molecular weight is 494 g/mol. The fourth-order valence-corrected chi connectivity index (χ4v) is 3.86. The van der Waals surface area contributed by atoms with Crippen molar-refractivity contribution in [2.45, 2.75) is 25.6 Å². The summed E-state index contributed by atoms with van der Waals surface area (Å²) in [5.74, 6) is 1.16. The molecule has 7 heteroatoms. The molecule has 2 N–H and O–H groups in total. The van der Waals surface area contributed by atoms with Gasteiger partial charge in [0.2, 0.25) is 5.91 Å². The lowest BCUT2D eigenvalue weighted by molar-refractivity contribution is -0.120. The van der Waals surface area contributed by atoms with E-state index in [1.54, 1.807) is 0 Å². The highest BCUT2D eigenvalue weighted by Gasteiger charge is 2.17. The standard InChI is InChI=1S/C25H24BrN3O3/c26-19-9-6-10-21(13-19)32-17-20(30)16-29-23-12-5-4-11-22(23)28-24(29)14-25(31)27-15-18-7-2-1-3-8-18/h1-13,20,30H,14-17H2,(H,27,31). The van der Waals surface area contributed by atoms with E-state index < -0.39 is 6.10 Å². The predicted molar refractivity (Wildman–Crippen MR) is 127 cm³/mol. The number of carbonyl (C=O) groups is 1. The number of aliphatic hydroxyl groups excluding tert-OH is 1. The molecular formula is C25H24BrN3O3. The molecule has 6 nitrogen and oxygen atoms in total. The van der Waals surface area contributed by atoms with E-state index in [0.29, 0.717) is 18.1 Å². The number of rotatable bonds is 9. The summed E-state index contributed by atoms with van der Waals surface area (Å²) in [6, 6.07) is 24.9. The monoisotopic (exact) mass is 493 g/mol. The maximum Gasteiger partial charge on any atom is 0.227 e. The number of benzene rings is 3. The van der Waals surface area contributed by atoms with E-state index in [-0.39, 0.29) is 25.5 Å². The van der Waals surface area contributed by atoms with E-state index in [9.17, 15) is 9.90 Å². The highest BCUT2D eigenvalue weighted by molar-refractivity contribution is 9.10. The molecule has 1 aromatic heterocycles. The van der Waals surface area contributed by atoms with Crippen molar-refractivity contribution in [3.05, 3.63) is 94.7 Å². The lowest BCUT2D eigenvalue weighted by atomic mass is 10.2. The molecule has 4 aromatic rings. The molecule has 4 rings (SSSR count). The molecule has 0 spiro atoms. The van der Waals surface area contributed by atoms with Gasteiger partial charge in [0.25, 0.3) is 0 Å². The van der Waals surface area contributed by atoms with E-state index in [2.05, 4.69) is 26.2 Å². The Morgan fingerprint density at radius 3 is 2.66 bits per heavy atom. The number of para-hydroxylation sites is 2. The van der Waals surface area contributed by atoms with Crippen LogP contribution in [0.1, 0.15) is 11.4 Å². The van der Waals surface area contributed by atoms with Crippen molar-refractivity contribution >= 4 is 32.9 Å². The zero-order chi connectivity index (χ0) is 22.3. The Balaban J connectivity index is 1.44. The number of aromatic nitrogens is 2. The number of fused-ring (bicyclic) bond motifs is 1. The van der Waals surface area contributed by atoms with Crippen LogP contribution in [0.3, 0.4) is 0 Å². The summed E-state index contributed by atoms with van der Waals surface area (Å²) in [7, 11) is 0. The van der Waals surface area contributed by atoms with Crippen molar-refractivity contribution in [3.8, 4) is 5.75 Å². The van der Waals surface area contributed by atoms with Crippen LogP contribution in [0.15, 0.2) is 83.3 Å². The maximum atomic E-state index is 12.6. The molecule has 0 fully saturated rings. The van der Waals surface area contributed by atoms with Crippen molar-refractivity contribution in [1.29, 1.82) is 0 Å². The Labute approximate surface area is 195 Å². The molecule has 0 aliphatic heterocycles. The third kappa shape index (κ3) is 5.75. The molecular weight excluding hydrogens is 470 g/mol. The van der Waals surface area contributed by atoms with Gasteiger partial charge >= 0.3 is 0 Å². The van der Waals surface area contributed by atoms with Crippen molar-refractivity contribution in [1.82, 2.24) is 14.9 Å². The lowest BCUT2D eigenvalue weighted by Crippen LogP contribution is -2.28. The second kappa shape index (κ2) is 10.4. The summed E-state index contributed by atoms with van der Waals surface area (Å²) in [4.78, 5) is 17.2. The SMILES string of the molecule is O=C(Cc1nc2ccccc2n1CC(O)COc1cccc(Br)c1)NCc1ccccc1. The average Bonchev–Trinajstić information content (AvgIpc) is 3.14. The van der Waals surface area contributed by atoms with Gasteiger partial charge in [0.1, 0.15) is 24.3 Å². The smallest absolute Gasteiger partial charge is 0.227 e. The summed E-state index contributed by atoms with van der Waals surface area (Å²) >= 11 is 3.41. The van der Waals surface area contributed by atoms with Crippen molar-refractivity contribution in [2.24, 2.45) is 0 Å². The lowest BCUT2D eigenvalue weighted by Gasteiger charge is -2.16. The summed E-state index contributed by atoms with van der Waals surface area (Å²) in [6.07, 6.45) is -0.640. The van der Waals surface area contributed by atoms with Crippen LogP contribution in [0, 0.1) is 0 Å². The first kappa shape index (κ1) is 22.0. The van der Waals surface area contributed by atoms with Gasteiger partial charge in [0.05, 0.1) is 24.0 Å². The zero-order valence-electron chi connectivity index (χ0n) is 17.4. The number of aliphatic hydroxyl groups is 1. The highest BCUT2D eigenvalue weighted by Crippen LogP contribution is 2.20. The van der Waals surface area contributed by atoms with Crippen molar-refractivity contribution in [3.63, 3.8) is 0 Å². The van der Waals surface area contributed by atoms with Crippen LogP contribution in [0.4, 0.5) is 0 Å². The van der Waals surface area contributed by atoms with E-state index in [4.69, 9.17) is 4.74 Å². The van der Waals surface area contributed by atoms with Crippen LogP contribution < -0.4 is 10.1 Å². The van der Waals surface area contributed by atoms with Gasteiger partial charge < -0.3 is 19.7 Å². The van der Waals surface area contributed by atoms with E-state index in [0.717, 1.165) is 21.1 Å². The zero-order valence-corrected chi connectivity index (χ0v) is 19.0. The van der Waals surface area contributed by atoms with Gasteiger partial charge in [-0.3, -0.25) is 4.79 Å². The molecule has 0 aliphatic rings. The Hall–Kier alpha value is -3.16. The Morgan fingerprint density at radius 1 is 1.06 bits per heavy atom. The first-order valence-corrected chi connectivity index (χ1v) is 11.2. The van der Waals surface area contributed by atoms with Crippen LogP contribution >= 0.6 is 15.9 Å².